The molecule has 1 fully saturated rings. The molecule has 2 rings (SSSR count). The largest absolute Gasteiger partial charge is 0.350 e. The van der Waals surface area contributed by atoms with E-state index in [0.29, 0.717) is 24.7 Å². The fourth-order valence-corrected chi connectivity index (χ4v) is 3.35. The topological polar surface area (TPSA) is 46.9 Å². The van der Waals surface area contributed by atoms with E-state index in [1.165, 1.54) is 19.3 Å². The summed E-state index contributed by atoms with van der Waals surface area (Å²) in [6, 6.07) is 1.84. The SMILES string of the molecule is CCn1nc(C)cc1C(=O)NCC1(CCl)CCCCC1. The van der Waals surface area contributed by atoms with Gasteiger partial charge in [0.1, 0.15) is 5.69 Å². The molecule has 0 spiro atoms. The normalized spacial score (nSPS) is 17.9. The van der Waals surface area contributed by atoms with Crippen LogP contribution in [0.2, 0.25) is 0 Å². The maximum absolute atomic E-state index is 12.3. The molecular formula is C15H24ClN3O. The van der Waals surface area contributed by atoms with Crippen LogP contribution in [0.25, 0.3) is 0 Å². The molecule has 1 aromatic rings. The zero-order valence-corrected chi connectivity index (χ0v) is 13.2. The Bertz CT molecular complexity index is 464. The molecule has 1 aromatic heterocycles. The average molecular weight is 298 g/mol. The van der Waals surface area contributed by atoms with Crippen LogP contribution in [0.1, 0.15) is 55.2 Å². The van der Waals surface area contributed by atoms with Gasteiger partial charge in [0.15, 0.2) is 0 Å². The molecule has 1 saturated carbocycles. The lowest BCUT2D eigenvalue weighted by molar-refractivity contribution is 0.0910. The Hall–Kier alpha value is -1.03. The molecule has 0 bridgehead atoms. The summed E-state index contributed by atoms with van der Waals surface area (Å²) in [5, 5.41) is 7.38. The summed E-state index contributed by atoms with van der Waals surface area (Å²) in [7, 11) is 0. The number of hydrogen-bond donors (Lipinski definition) is 1. The molecule has 0 radical (unpaired) electrons. The lowest BCUT2D eigenvalue weighted by Gasteiger charge is -2.35. The molecule has 1 N–H and O–H groups in total. The summed E-state index contributed by atoms with van der Waals surface area (Å²) in [6.45, 7) is 5.27. The highest BCUT2D eigenvalue weighted by Crippen LogP contribution is 2.36. The van der Waals surface area contributed by atoms with Crippen molar-refractivity contribution in [3.63, 3.8) is 0 Å². The van der Waals surface area contributed by atoms with Crippen LogP contribution in [-0.4, -0.2) is 28.1 Å². The molecule has 0 unspecified atom stereocenters. The highest BCUT2D eigenvalue weighted by Gasteiger charge is 2.31. The van der Waals surface area contributed by atoms with E-state index in [9.17, 15) is 4.79 Å². The van der Waals surface area contributed by atoms with Crippen molar-refractivity contribution in [3.05, 3.63) is 17.5 Å². The van der Waals surface area contributed by atoms with Crippen LogP contribution < -0.4 is 5.32 Å². The molecule has 1 aliphatic carbocycles. The van der Waals surface area contributed by atoms with Crippen molar-refractivity contribution >= 4 is 17.5 Å². The molecule has 1 heterocycles. The summed E-state index contributed by atoms with van der Waals surface area (Å²) < 4.78 is 1.75. The Kier molecular flexibility index (Phi) is 5.08. The number of halogens is 1. The van der Waals surface area contributed by atoms with Gasteiger partial charge in [-0.05, 0) is 32.8 Å². The first-order valence-electron chi connectivity index (χ1n) is 7.49. The van der Waals surface area contributed by atoms with Crippen LogP contribution in [-0.2, 0) is 6.54 Å². The van der Waals surface area contributed by atoms with Gasteiger partial charge >= 0.3 is 0 Å². The molecule has 0 atom stereocenters. The van der Waals surface area contributed by atoms with Gasteiger partial charge in [-0.1, -0.05) is 19.3 Å². The molecule has 0 saturated heterocycles. The minimum Gasteiger partial charge on any atom is -0.350 e. The first-order chi connectivity index (χ1) is 9.60. The van der Waals surface area contributed by atoms with Gasteiger partial charge in [0.05, 0.1) is 5.69 Å². The zero-order valence-electron chi connectivity index (χ0n) is 12.4. The van der Waals surface area contributed by atoms with E-state index >= 15 is 0 Å². The number of amides is 1. The van der Waals surface area contributed by atoms with E-state index in [1.54, 1.807) is 4.68 Å². The van der Waals surface area contributed by atoms with Gasteiger partial charge in [-0.2, -0.15) is 5.10 Å². The third-order valence-corrected chi connectivity index (χ3v) is 4.82. The zero-order chi connectivity index (χ0) is 14.6. The van der Waals surface area contributed by atoms with Crippen molar-refractivity contribution < 1.29 is 4.79 Å². The predicted molar refractivity (Wildman–Crippen MR) is 81.2 cm³/mol. The molecule has 4 nitrogen and oxygen atoms in total. The summed E-state index contributed by atoms with van der Waals surface area (Å²) in [5.74, 6) is 0.585. The Morgan fingerprint density at radius 2 is 2.15 bits per heavy atom. The minimum atomic E-state index is -0.0393. The highest BCUT2D eigenvalue weighted by molar-refractivity contribution is 6.18. The Morgan fingerprint density at radius 3 is 2.75 bits per heavy atom. The van der Waals surface area contributed by atoms with Gasteiger partial charge in [-0.25, -0.2) is 0 Å². The van der Waals surface area contributed by atoms with Crippen LogP contribution in [0.5, 0.6) is 0 Å². The number of hydrogen-bond acceptors (Lipinski definition) is 2. The Labute approximate surface area is 125 Å². The number of alkyl halides is 1. The second-order valence-electron chi connectivity index (χ2n) is 5.86. The summed E-state index contributed by atoms with van der Waals surface area (Å²) in [5.41, 5.74) is 1.61. The maximum atomic E-state index is 12.3. The first kappa shape index (κ1) is 15.4. The van der Waals surface area contributed by atoms with Crippen LogP contribution in [0, 0.1) is 12.3 Å². The van der Waals surface area contributed by atoms with Crippen molar-refractivity contribution in [2.24, 2.45) is 5.41 Å². The van der Waals surface area contributed by atoms with E-state index in [0.717, 1.165) is 18.5 Å². The Balaban J connectivity index is 2.00. The molecule has 0 aromatic carbocycles. The first-order valence-corrected chi connectivity index (χ1v) is 8.02. The van der Waals surface area contributed by atoms with Crippen LogP contribution in [0.4, 0.5) is 0 Å². The van der Waals surface area contributed by atoms with Crippen molar-refractivity contribution in [2.45, 2.75) is 52.5 Å². The third kappa shape index (κ3) is 3.35. The maximum Gasteiger partial charge on any atom is 0.269 e. The van der Waals surface area contributed by atoms with E-state index in [4.69, 9.17) is 11.6 Å². The quantitative estimate of drug-likeness (QED) is 0.849. The van der Waals surface area contributed by atoms with Gasteiger partial charge in [0, 0.05) is 24.4 Å². The van der Waals surface area contributed by atoms with Crippen LogP contribution in [0.15, 0.2) is 6.07 Å². The molecule has 0 aliphatic heterocycles. The molecule has 112 valence electrons. The van der Waals surface area contributed by atoms with Gasteiger partial charge in [0.2, 0.25) is 0 Å². The standard InChI is InChI=1S/C15H24ClN3O/c1-3-19-13(9-12(2)18-19)14(20)17-11-15(10-16)7-5-4-6-8-15/h9H,3-8,10-11H2,1-2H3,(H,17,20). The van der Waals surface area contributed by atoms with Crippen LogP contribution in [0.3, 0.4) is 0 Å². The monoisotopic (exact) mass is 297 g/mol. The van der Waals surface area contributed by atoms with E-state index in [-0.39, 0.29) is 11.3 Å². The summed E-state index contributed by atoms with van der Waals surface area (Å²) >= 11 is 6.16. The smallest absolute Gasteiger partial charge is 0.269 e. The fourth-order valence-electron chi connectivity index (χ4n) is 2.99. The van der Waals surface area contributed by atoms with Crippen LogP contribution >= 0.6 is 11.6 Å². The van der Waals surface area contributed by atoms with Crippen molar-refractivity contribution in [1.82, 2.24) is 15.1 Å². The van der Waals surface area contributed by atoms with Gasteiger partial charge in [-0.3, -0.25) is 9.48 Å². The van der Waals surface area contributed by atoms with Gasteiger partial charge in [-0.15, -0.1) is 11.6 Å². The summed E-state index contributed by atoms with van der Waals surface area (Å²) in [4.78, 5) is 12.3. The van der Waals surface area contributed by atoms with E-state index in [1.807, 2.05) is 19.9 Å². The second-order valence-corrected chi connectivity index (χ2v) is 6.13. The molecule has 5 heteroatoms. The van der Waals surface area contributed by atoms with Crippen molar-refractivity contribution in [3.8, 4) is 0 Å². The third-order valence-electron chi connectivity index (χ3n) is 4.26. The number of carbonyl (C=O) groups excluding carboxylic acids is 1. The van der Waals surface area contributed by atoms with E-state index < -0.39 is 0 Å². The molecule has 20 heavy (non-hydrogen) atoms. The molecule has 1 amide bonds. The van der Waals surface area contributed by atoms with Gasteiger partial charge < -0.3 is 5.32 Å². The molecule has 1 aliphatic rings. The Morgan fingerprint density at radius 1 is 1.45 bits per heavy atom. The lowest BCUT2D eigenvalue weighted by atomic mass is 9.75. The molecular weight excluding hydrogens is 274 g/mol. The number of rotatable bonds is 5. The number of nitrogens with zero attached hydrogens (tertiary/aromatic N) is 2. The van der Waals surface area contributed by atoms with Crippen molar-refractivity contribution in [1.29, 1.82) is 0 Å². The minimum absolute atomic E-state index is 0.0393. The predicted octanol–water partition coefficient (Wildman–Crippen LogP) is 3.13. The summed E-state index contributed by atoms with van der Waals surface area (Å²) in [6.07, 6.45) is 5.95. The fraction of sp³-hybridized carbons (Fsp3) is 0.733. The number of aromatic nitrogens is 2. The highest BCUT2D eigenvalue weighted by atomic mass is 35.5. The number of aryl methyl sites for hydroxylation is 2. The lowest BCUT2D eigenvalue weighted by Crippen LogP contribution is -2.40. The average Bonchev–Trinajstić information content (AvgIpc) is 2.87. The van der Waals surface area contributed by atoms with Crippen molar-refractivity contribution in [2.75, 3.05) is 12.4 Å². The number of carbonyl (C=O) groups is 1. The van der Waals surface area contributed by atoms with Gasteiger partial charge in [0.25, 0.3) is 5.91 Å². The number of nitrogens with one attached hydrogen (secondary N) is 1. The van der Waals surface area contributed by atoms with E-state index in [2.05, 4.69) is 10.4 Å². The second kappa shape index (κ2) is 6.61.